The summed E-state index contributed by atoms with van der Waals surface area (Å²) in [5.74, 6) is -1.17. The third kappa shape index (κ3) is 5.47. The molecule has 7 aliphatic rings. The Morgan fingerprint density at radius 2 is 1.41 bits per heavy atom. The fraction of sp³-hybridized carbons (Fsp3) is 0.971. The van der Waals surface area contributed by atoms with E-state index in [2.05, 4.69) is 34.6 Å². The van der Waals surface area contributed by atoms with Gasteiger partial charge in [-0.3, -0.25) is 4.79 Å². The van der Waals surface area contributed by atoms with Crippen LogP contribution in [0.5, 0.6) is 0 Å². The number of carbonyl (C=O) groups excluding carboxylic acids is 1. The van der Waals surface area contributed by atoms with Gasteiger partial charge in [0.1, 0.15) is 6.10 Å². The average molecular weight is 623 g/mol. The van der Waals surface area contributed by atoms with Crippen LogP contribution in [0.4, 0.5) is 0 Å². The van der Waals surface area contributed by atoms with Crippen molar-refractivity contribution in [2.24, 2.45) is 17.8 Å². The van der Waals surface area contributed by atoms with E-state index in [-0.39, 0.29) is 90.9 Å². The van der Waals surface area contributed by atoms with E-state index in [4.69, 9.17) is 37.9 Å². The van der Waals surface area contributed by atoms with Crippen molar-refractivity contribution in [2.45, 2.75) is 191 Å². The summed E-state index contributed by atoms with van der Waals surface area (Å²) in [5, 5.41) is 10.8. The van der Waals surface area contributed by atoms with Gasteiger partial charge >= 0.3 is 5.97 Å². The van der Waals surface area contributed by atoms with Crippen LogP contribution in [-0.4, -0.2) is 95.9 Å². The molecule has 0 bridgehead atoms. The van der Waals surface area contributed by atoms with Crippen LogP contribution in [0.25, 0.3) is 0 Å². The van der Waals surface area contributed by atoms with Gasteiger partial charge in [-0.1, -0.05) is 48.0 Å². The van der Waals surface area contributed by atoms with Gasteiger partial charge in [-0.2, -0.15) is 0 Å². The first-order valence-electron chi connectivity index (χ1n) is 17.6. The first kappa shape index (κ1) is 31.7. The number of ether oxygens (including phenoxy) is 8. The first-order valence-corrected chi connectivity index (χ1v) is 17.6. The minimum absolute atomic E-state index is 0.0210. The van der Waals surface area contributed by atoms with Crippen LogP contribution in [0.15, 0.2) is 0 Å². The van der Waals surface area contributed by atoms with E-state index in [0.717, 1.165) is 38.5 Å². The quantitative estimate of drug-likeness (QED) is 0.443. The Morgan fingerprint density at radius 3 is 2.14 bits per heavy atom. The van der Waals surface area contributed by atoms with Crippen molar-refractivity contribution in [3.63, 3.8) is 0 Å². The molecule has 17 atom stereocenters. The second-order valence-corrected chi connectivity index (χ2v) is 15.0. The zero-order valence-electron chi connectivity index (χ0n) is 27.4. The van der Waals surface area contributed by atoms with Crippen LogP contribution in [0.1, 0.15) is 106 Å². The smallest absolute Gasteiger partial charge is 0.305 e. The SMILES string of the molecule is CCC[C@H]1O[C@@H]2[C@H](C[C@H]1O)O[C@@]1(C[C@@H]2C)C[C@H](C)[C@@H]2O[C@]3(C[C@@H]2O1)C[C@H]1O[C@H]2[C@H](C)[C@@H](OC(=O)CC)[C@H](CC)O[C@H]2C[C@H]1O3. The third-order valence-corrected chi connectivity index (χ3v) is 11.7. The molecule has 0 aliphatic carbocycles. The van der Waals surface area contributed by atoms with E-state index in [1.165, 1.54) is 0 Å². The monoisotopic (exact) mass is 622 g/mol. The summed E-state index contributed by atoms with van der Waals surface area (Å²) in [4.78, 5) is 12.2. The molecular weight excluding hydrogens is 568 g/mol. The van der Waals surface area contributed by atoms with Crippen LogP contribution in [-0.2, 0) is 42.7 Å². The number of fused-ring (bicyclic) bond motifs is 4. The zero-order valence-corrected chi connectivity index (χ0v) is 27.4. The molecule has 7 saturated heterocycles. The van der Waals surface area contributed by atoms with Gasteiger partial charge in [-0.25, -0.2) is 0 Å². The minimum Gasteiger partial charge on any atom is -0.459 e. The lowest BCUT2D eigenvalue weighted by Gasteiger charge is -2.54. The second-order valence-electron chi connectivity index (χ2n) is 15.0. The minimum atomic E-state index is -0.764. The summed E-state index contributed by atoms with van der Waals surface area (Å²) in [5.41, 5.74) is 0. The standard InChI is InChI=1S/C34H54O10/c1-7-10-22-20(35)11-25-29(38-22)17(4)13-33(42-25)14-18(5)30-27(43-33)16-34(44-30)15-26-23(41-34)12-24-32(39-26)19(6)31(21(8-2)37-24)40-28(36)9-3/h17-27,29-32,35H,7-16H2,1-6H3/t17-,18-,19+,20+,21-,22+,23+,24-,25-,26+,27-,29-,30-,31+,32-,33+,34-/m0/s1. The Balaban J connectivity index is 1.02. The molecule has 0 unspecified atom stereocenters. The Morgan fingerprint density at radius 1 is 0.727 bits per heavy atom. The predicted molar refractivity (Wildman–Crippen MR) is 158 cm³/mol. The van der Waals surface area contributed by atoms with Crippen molar-refractivity contribution in [2.75, 3.05) is 0 Å². The van der Waals surface area contributed by atoms with Crippen LogP contribution in [0.3, 0.4) is 0 Å². The molecule has 2 spiro atoms. The number of carbonyl (C=O) groups is 1. The zero-order chi connectivity index (χ0) is 31.0. The molecule has 7 rings (SSSR count). The van der Waals surface area contributed by atoms with Gasteiger partial charge in [-0.05, 0) is 24.7 Å². The largest absolute Gasteiger partial charge is 0.459 e. The van der Waals surface area contributed by atoms with Crippen LogP contribution >= 0.6 is 0 Å². The van der Waals surface area contributed by atoms with E-state index < -0.39 is 17.7 Å². The van der Waals surface area contributed by atoms with Crippen molar-refractivity contribution in [1.29, 1.82) is 0 Å². The van der Waals surface area contributed by atoms with E-state index in [0.29, 0.717) is 25.7 Å². The van der Waals surface area contributed by atoms with Gasteiger partial charge in [0, 0.05) is 50.9 Å². The fourth-order valence-electron chi connectivity index (χ4n) is 9.72. The van der Waals surface area contributed by atoms with E-state index in [9.17, 15) is 9.90 Å². The third-order valence-electron chi connectivity index (χ3n) is 11.7. The highest BCUT2D eigenvalue weighted by molar-refractivity contribution is 5.69. The lowest BCUT2D eigenvalue weighted by atomic mass is 9.78. The number of esters is 1. The van der Waals surface area contributed by atoms with Gasteiger partial charge in [-0.15, -0.1) is 0 Å². The summed E-state index contributed by atoms with van der Waals surface area (Å²) < 4.78 is 52.7. The molecule has 0 radical (unpaired) electrons. The Kier molecular flexibility index (Phi) is 8.65. The van der Waals surface area contributed by atoms with Gasteiger partial charge in [0.25, 0.3) is 0 Å². The first-order chi connectivity index (χ1) is 21.1. The lowest BCUT2D eigenvalue weighted by Crippen LogP contribution is -2.62. The molecule has 7 fully saturated rings. The molecule has 0 saturated carbocycles. The molecule has 0 aromatic rings. The number of hydrogen-bond donors (Lipinski definition) is 1. The summed E-state index contributed by atoms with van der Waals surface area (Å²) in [6, 6.07) is 0. The van der Waals surface area contributed by atoms with Crippen molar-refractivity contribution >= 4 is 5.97 Å². The number of aliphatic hydroxyl groups excluding tert-OH is 1. The van der Waals surface area contributed by atoms with E-state index >= 15 is 0 Å². The van der Waals surface area contributed by atoms with Crippen molar-refractivity contribution in [3.05, 3.63) is 0 Å². The normalized spacial score (nSPS) is 54.8. The van der Waals surface area contributed by atoms with Gasteiger partial charge in [0.2, 0.25) is 0 Å². The summed E-state index contributed by atoms with van der Waals surface area (Å²) in [7, 11) is 0. The molecule has 250 valence electrons. The number of aliphatic hydroxyl groups is 1. The van der Waals surface area contributed by atoms with Crippen LogP contribution < -0.4 is 0 Å². The van der Waals surface area contributed by atoms with Crippen molar-refractivity contribution in [3.8, 4) is 0 Å². The molecular formula is C34H54O10. The molecule has 7 aliphatic heterocycles. The molecule has 10 nitrogen and oxygen atoms in total. The number of rotatable bonds is 5. The maximum absolute atomic E-state index is 12.2. The topological polar surface area (TPSA) is 111 Å². The second kappa shape index (κ2) is 12.0. The van der Waals surface area contributed by atoms with Crippen LogP contribution in [0.2, 0.25) is 0 Å². The fourth-order valence-corrected chi connectivity index (χ4v) is 9.72. The van der Waals surface area contributed by atoms with Crippen LogP contribution in [0, 0.1) is 17.8 Å². The average Bonchev–Trinajstić information content (AvgIpc) is 3.51. The molecule has 44 heavy (non-hydrogen) atoms. The van der Waals surface area contributed by atoms with Gasteiger partial charge < -0.3 is 43.0 Å². The Labute approximate surface area is 262 Å². The number of hydrogen-bond acceptors (Lipinski definition) is 10. The van der Waals surface area contributed by atoms with Crippen molar-refractivity contribution in [1.82, 2.24) is 0 Å². The molecule has 10 heteroatoms. The Hall–Kier alpha value is -0.850. The van der Waals surface area contributed by atoms with E-state index in [1.807, 2.05) is 6.92 Å². The molecule has 7 heterocycles. The Bertz CT molecular complexity index is 1060. The summed E-state index contributed by atoms with van der Waals surface area (Å²) in [6.45, 7) is 12.6. The summed E-state index contributed by atoms with van der Waals surface area (Å²) in [6.07, 6.45) is 5.00. The van der Waals surface area contributed by atoms with Crippen molar-refractivity contribution < 1.29 is 47.8 Å². The van der Waals surface area contributed by atoms with E-state index in [1.54, 1.807) is 0 Å². The maximum Gasteiger partial charge on any atom is 0.305 e. The molecule has 0 aromatic heterocycles. The van der Waals surface area contributed by atoms with Gasteiger partial charge in [0.15, 0.2) is 11.6 Å². The highest BCUT2D eigenvalue weighted by atomic mass is 16.8. The predicted octanol–water partition coefficient (Wildman–Crippen LogP) is 4.42. The molecule has 1 N–H and O–H groups in total. The highest BCUT2D eigenvalue weighted by Crippen LogP contribution is 2.55. The lowest BCUT2D eigenvalue weighted by molar-refractivity contribution is -0.371. The summed E-state index contributed by atoms with van der Waals surface area (Å²) >= 11 is 0. The molecule has 0 amide bonds. The molecule has 0 aromatic carbocycles. The van der Waals surface area contributed by atoms with Gasteiger partial charge in [0.05, 0.1) is 67.1 Å². The maximum atomic E-state index is 12.2. The highest BCUT2D eigenvalue weighted by Gasteiger charge is 2.64.